The number of nitrogens with zero attached hydrogens (tertiary/aromatic N) is 1. The van der Waals surface area contributed by atoms with Crippen LogP contribution in [0, 0.1) is 0 Å². The summed E-state index contributed by atoms with van der Waals surface area (Å²) in [6.45, 7) is 2.80. The van der Waals surface area contributed by atoms with Gasteiger partial charge in [0.2, 0.25) is 10.0 Å². The zero-order valence-corrected chi connectivity index (χ0v) is 15.1. The van der Waals surface area contributed by atoms with Gasteiger partial charge in [0.1, 0.15) is 5.75 Å². The Labute approximate surface area is 144 Å². The first-order valence-corrected chi connectivity index (χ1v) is 9.39. The van der Waals surface area contributed by atoms with Crippen LogP contribution >= 0.6 is 0 Å². The zero-order valence-electron chi connectivity index (χ0n) is 14.3. The van der Waals surface area contributed by atoms with Gasteiger partial charge in [0.05, 0.1) is 11.5 Å². The van der Waals surface area contributed by atoms with Gasteiger partial charge in [-0.25, -0.2) is 13.1 Å². The van der Waals surface area contributed by atoms with Crippen LogP contribution in [0.25, 0.3) is 0 Å². The monoisotopic (exact) mass is 348 g/mol. The van der Waals surface area contributed by atoms with Gasteiger partial charge in [-0.2, -0.15) is 0 Å². The average Bonchev–Trinajstić information content (AvgIpc) is 2.56. The lowest BCUT2D eigenvalue weighted by atomic mass is 10.1. The highest BCUT2D eigenvalue weighted by molar-refractivity contribution is 7.89. The molecule has 0 aliphatic carbocycles. The highest BCUT2D eigenvalue weighted by Gasteiger charge is 2.13. The molecule has 0 aliphatic heterocycles. The number of rotatable bonds is 8. The third-order valence-corrected chi connectivity index (χ3v) is 5.08. The van der Waals surface area contributed by atoms with Crippen molar-refractivity contribution in [1.29, 1.82) is 0 Å². The van der Waals surface area contributed by atoms with E-state index in [0.29, 0.717) is 25.3 Å². The van der Waals surface area contributed by atoms with E-state index < -0.39 is 10.0 Å². The van der Waals surface area contributed by atoms with E-state index in [1.165, 1.54) is 0 Å². The molecule has 0 radical (unpaired) electrons. The Balaban J connectivity index is 1.92. The van der Waals surface area contributed by atoms with Crippen molar-refractivity contribution in [1.82, 2.24) is 4.72 Å². The van der Waals surface area contributed by atoms with Crippen LogP contribution in [0.3, 0.4) is 0 Å². The molecule has 24 heavy (non-hydrogen) atoms. The van der Waals surface area contributed by atoms with Gasteiger partial charge in [-0.1, -0.05) is 12.1 Å². The molecule has 0 saturated heterocycles. The molecule has 0 fully saturated rings. The molecular formula is C18H24N2O3S. The van der Waals surface area contributed by atoms with E-state index >= 15 is 0 Å². The van der Waals surface area contributed by atoms with E-state index in [1.54, 1.807) is 24.3 Å². The fraction of sp³-hybridized carbons (Fsp3) is 0.333. The van der Waals surface area contributed by atoms with E-state index in [-0.39, 0.29) is 4.90 Å². The van der Waals surface area contributed by atoms with Gasteiger partial charge in [0, 0.05) is 26.3 Å². The molecule has 0 saturated carbocycles. The second kappa shape index (κ2) is 8.17. The Kier molecular flexibility index (Phi) is 6.23. The molecule has 130 valence electrons. The Morgan fingerprint density at radius 3 is 2.17 bits per heavy atom. The van der Waals surface area contributed by atoms with Gasteiger partial charge in [0.25, 0.3) is 0 Å². The van der Waals surface area contributed by atoms with Crippen molar-refractivity contribution in [2.75, 3.05) is 32.1 Å². The van der Waals surface area contributed by atoms with Crippen molar-refractivity contribution < 1.29 is 13.2 Å². The minimum atomic E-state index is -3.50. The Hall–Kier alpha value is -2.05. The Morgan fingerprint density at radius 1 is 1.00 bits per heavy atom. The number of hydrogen-bond donors (Lipinski definition) is 1. The first kappa shape index (κ1) is 18.3. The van der Waals surface area contributed by atoms with Crippen molar-refractivity contribution >= 4 is 15.7 Å². The van der Waals surface area contributed by atoms with Crippen LogP contribution < -0.4 is 14.4 Å². The lowest BCUT2D eigenvalue weighted by Crippen LogP contribution is -2.26. The molecule has 0 amide bonds. The number of anilines is 1. The van der Waals surface area contributed by atoms with Gasteiger partial charge in [-0.3, -0.25) is 0 Å². The maximum atomic E-state index is 12.3. The van der Waals surface area contributed by atoms with E-state index in [1.807, 2.05) is 50.2 Å². The van der Waals surface area contributed by atoms with E-state index in [2.05, 4.69) is 4.72 Å². The third kappa shape index (κ3) is 4.97. The molecule has 0 unspecified atom stereocenters. The van der Waals surface area contributed by atoms with Gasteiger partial charge in [0.15, 0.2) is 0 Å². The van der Waals surface area contributed by atoms with Gasteiger partial charge < -0.3 is 9.64 Å². The zero-order chi connectivity index (χ0) is 17.6. The summed E-state index contributed by atoms with van der Waals surface area (Å²) in [5.41, 5.74) is 2.21. The lowest BCUT2D eigenvalue weighted by Gasteiger charge is -2.13. The van der Waals surface area contributed by atoms with Crippen LogP contribution in [0.1, 0.15) is 12.5 Å². The number of benzene rings is 2. The van der Waals surface area contributed by atoms with Crippen molar-refractivity contribution in [3.8, 4) is 5.75 Å². The van der Waals surface area contributed by atoms with Crippen molar-refractivity contribution in [3.63, 3.8) is 0 Å². The van der Waals surface area contributed by atoms with Gasteiger partial charge in [-0.05, 0) is 55.3 Å². The predicted molar refractivity (Wildman–Crippen MR) is 97.3 cm³/mol. The highest BCUT2D eigenvalue weighted by atomic mass is 32.2. The number of ether oxygens (including phenoxy) is 1. The summed E-state index contributed by atoms with van der Waals surface area (Å²) in [5.74, 6) is 0.664. The van der Waals surface area contributed by atoms with Crippen molar-refractivity contribution in [2.45, 2.75) is 18.2 Å². The maximum Gasteiger partial charge on any atom is 0.240 e. The van der Waals surface area contributed by atoms with Crippen LogP contribution in [0.2, 0.25) is 0 Å². The normalized spacial score (nSPS) is 11.3. The van der Waals surface area contributed by atoms with Crippen LogP contribution in [0.4, 0.5) is 5.69 Å². The van der Waals surface area contributed by atoms with Crippen LogP contribution in [0.5, 0.6) is 5.75 Å². The maximum absolute atomic E-state index is 12.3. The second-order valence-corrected chi connectivity index (χ2v) is 7.38. The summed E-state index contributed by atoms with van der Waals surface area (Å²) in [5, 5.41) is 0. The van der Waals surface area contributed by atoms with Crippen molar-refractivity contribution in [2.24, 2.45) is 0 Å². The quantitative estimate of drug-likeness (QED) is 0.797. The number of nitrogens with one attached hydrogen (secondary N) is 1. The SMILES string of the molecule is CCOc1ccc(S(=O)(=O)NCCc2ccc(N(C)C)cc2)cc1. The lowest BCUT2D eigenvalue weighted by molar-refractivity contribution is 0.340. The fourth-order valence-corrected chi connectivity index (χ4v) is 3.29. The third-order valence-electron chi connectivity index (χ3n) is 3.60. The molecule has 2 aromatic carbocycles. The van der Waals surface area contributed by atoms with E-state index in [9.17, 15) is 8.42 Å². The molecule has 2 rings (SSSR count). The summed E-state index contributed by atoms with van der Waals surface area (Å²) in [6.07, 6.45) is 0.643. The average molecular weight is 348 g/mol. The van der Waals surface area contributed by atoms with Crippen LogP contribution in [-0.4, -0.2) is 35.7 Å². The summed E-state index contributed by atoms with van der Waals surface area (Å²) in [7, 11) is 0.475. The summed E-state index contributed by atoms with van der Waals surface area (Å²) in [6, 6.07) is 14.5. The molecule has 0 heterocycles. The largest absolute Gasteiger partial charge is 0.494 e. The fourth-order valence-electron chi connectivity index (χ4n) is 2.26. The number of sulfonamides is 1. The minimum absolute atomic E-state index is 0.244. The summed E-state index contributed by atoms with van der Waals surface area (Å²) < 4.78 is 32.5. The van der Waals surface area contributed by atoms with Crippen molar-refractivity contribution in [3.05, 3.63) is 54.1 Å². The molecule has 0 atom stereocenters. The molecule has 0 spiro atoms. The minimum Gasteiger partial charge on any atom is -0.494 e. The van der Waals surface area contributed by atoms with Gasteiger partial charge in [-0.15, -0.1) is 0 Å². The molecular weight excluding hydrogens is 324 g/mol. The van der Waals surface area contributed by atoms with Gasteiger partial charge >= 0.3 is 0 Å². The first-order valence-electron chi connectivity index (χ1n) is 7.91. The van der Waals surface area contributed by atoms with Crippen LogP contribution in [-0.2, 0) is 16.4 Å². The molecule has 0 aliphatic rings. The first-order chi connectivity index (χ1) is 11.4. The van der Waals surface area contributed by atoms with Crippen LogP contribution in [0.15, 0.2) is 53.4 Å². The summed E-state index contributed by atoms with van der Waals surface area (Å²) >= 11 is 0. The molecule has 0 bridgehead atoms. The number of hydrogen-bond acceptors (Lipinski definition) is 4. The smallest absolute Gasteiger partial charge is 0.240 e. The molecule has 1 N–H and O–H groups in total. The molecule has 6 heteroatoms. The summed E-state index contributed by atoms with van der Waals surface area (Å²) in [4.78, 5) is 2.27. The topological polar surface area (TPSA) is 58.6 Å². The predicted octanol–water partition coefficient (Wildman–Crippen LogP) is 2.67. The molecule has 2 aromatic rings. The second-order valence-electron chi connectivity index (χ2n) is 5.61. The Morgan fingerprint density at radius 2 is 1.62 bits per heavy atom. The molecule has 5 nitrogen and oxygen atoms in total. The molecule has 0 aromatic heterocycles. The van der Waals surface area contributed by atoms with E-state index in [0.717, 1.165) is 11.3 Å². The highest BCUT2D eigenvalue weighted by Crippen LogP contribution is 2.16. The standard InChI is InChI=1S/C18H24N2O3S/c1-4-23-17-9-11-18(12-10-17)24(21,22)19-14-13-15-5-7-16(8-6-15)20(2)3/h5-12,19H,4,13-14H2,1-3H3. The Bertz CT molecular complexity index is 739. The van der Waals surface area contributed by atoms with E-state index in [4.69, 9.17) is 4.74 Å².